The number of benzene rings is 1. The summed E-state index contributed by atoms with van der Waals surface area (Å²) < 4.78 is 0. The second-order valence-electron chi connectivity index (χ2n) is 7.78. The van der Waals surface area contributed by atoms with Gasteiger partial charge in [0.25, 0.3) is 11.8 Å². The van der Waals surface area contributed by atoms with Crippen LogP contribution in [0.3, 0.4) is 0 Å². The fourth-order valence-corrected chi connectivity index (χ4v) is 4.61. The molecule has 1 saturated heterocycles. The number of carbonyl (C=O) groups is 3. The molecule has 0 aliphatic carbocycles. The molecule has 0 unspecified atom stereocenters. The first-order valence-electron chi connectivity index (χ1n) is 9.70. The van der Waals surface area contributed by atoms with E-state index in [0.717, 1.165) is 11.4 Å². The molecule has 2 aliphatic heterocycles. The van der Waals surface area contributed by atoms with E-state index in [0.29, 0.717) is 28.8 Å². The Labute approximate surface area is 172 Å². The van der Waals surface area contributed by atoms with E-state index in [1.807, 2.05) is 0 Å². The van der Waals surface area contributed by atoms with Crippen LogP contribution in [0, 0.1) is 12.8 Å². The molecule has 1 atom stereocenters. The zero-order valence-corrected chi connectivity index (χ0v) is 17.5. The fourth-order valence-electron chi connectivity index (χ4n) is 4.02. The van der Waals surface area contributed by atoms with Gasteiger partial charge in [-0.25, -0.2) is 0 Å². The van der Waals surface area contributed by atoms with Crippen molar-refractivity contribution in [1.29, 1.82) is 0 Å². The Bertz CT molecular complexity index is 988. The van der Waals surface area contributed by atoms with E-state index in [9.17, 15) is 14.4 Å². The molecule has 0 radical (unpaired) electrons. The second kappa shape index (κ2) is 7.22. The minimum atomic E-state index is -1.39. The highest BCUT2D eigenvalue weighted by Crippen LogP contribution is 2.45. The molecule has 0 spiro atoms. The molecule has 29 heavy (non-hydrogen) atoms. The number of carbonyl (C=O) groups excluding carboxylic acids is 3. The Kier molecular flexibility index (Phi) is 4.85. The summed E-state index contributed by atoms with van der Waals surface area (Å²) >= 11 is 1.26. The SMILES string of the molecule is Cc1nnc(NC(=O)[C@@]23CCC(=O)N2c2ccccc2C(=O)N3CCC(C)C)s1. The lowest BCUT2D eigenvalue weighted by Crippen LogP contribution is -2.69. The molecule has 3 amide bonds. The molecule has 1 fully saturated rings. The Morgan fingerprint density at radius 1 is 1.28 bits per heavy atom. The molecule has 2 aliphatic rings. The standard InChI is InChI=1S/C20H23N5O3S/c1-12(2)9-11-24-17(27)14-6-4-5-7-15(14)25-16(26)8-10-20(24,25)18(28)21-19-23-22-13(3)29-19/h4-7,12H,8-11H2,1-3H3,(H,21,23,28)/t20-/m1/s1. The maximum atomic E-state index is 13.6. The predicted molar refractivity (Wildman–Crippen MR) is 110 cm³/mol. The van der Waals surface area contributed by atoms with Crippen molar-refractivity contribution in [2.45, 2.75) is 45.7 Å². The quantitative estimate of drug-likeness (QED) is 0.813. The summed E-state index contributed by atoms with van der Waals surface area (Å²) in [5.74, 6) is -0.471. The van der Waals surface area contributed by atoms with Gasteiger partial charge in [0, 0.05) is 19.4 Å². The zero-order chi connectivity index (χ0) is 20.8. The van der Waals surface area contributed by atoms with Crippen LogP contribution in [0.2, 0.25) is 0 Å². The van der Waals surface area contributed by atoms with Crippen LogP contribution in [0.25, 0.3) is 0 Å². The van der Waals surface area contributed by atoms with E-state index in [1.165, 1.54) is 16.2 Å². The third kappa shape index (κ3) is 3.09. The molecule has 9 heteroatoms. The average Bonchev–Trinajstić information content (AvgIpc) is 3.25. The van der Waals surface area contributed by atoms with Crippen molar-refractivity contribution in [3.8, 4) is 0 Å². The fraction of sp³-hybridized carbons (Fsp3) is 0.450. The molecule has 1 aromatic heterocycles. The van der Waals surface area contributed by atoms with Gasteiger partial charge in [-0.1, -0.05) is 37.3 Å². The van der Waals surface area contributed by atoms with Crippen molar-refractivity contribution < 1.29 is 14.4 Å². The molecule has 4 rings (SSSR count). The molecule has 0 saturated carbocycles. The molecular formula is C20H23N5O3S. The van der Waals surface area contributed by atoms with Gasteiger partial charge in [0.1, 0.15) is 5.01 Å². The molecule has 8 nitrogen and oxygen atoms in total. The predicted octanol–water partition coefficient (Wildman–Crippen LogP) is 2.81. The van der Waals surface area contributed by atoms with E-state index in [2.05, 4.69) is 29.4 Å². The Morgan fingerprint density at radius 3 is 2.72 bits per heavy atom. The maximum absolute atomic E-state index is 13.6. The number of nitrogens with one attached hydrogen (secondary N) is 1. The number of hydrogen-bond donors (Lipinski definition) is 1. The lowest BCUT2D eigenvalue weighted by atomic mass is 9.94. The van der Waals surface area contributed by atoms with Crippen molar-refractivity contribution >= 4 is 39.9 Å². The highest BCUT2D eigenvalue weighted by molar-refractivity contribution is 7.15. The van der Waals surface area contributed by atoms with Gasteiger partial charge in [-0.3, -0.25) is 24.6 Å². The first-order chi connectivity index (χ1) is 13.8. The monoisotopic (exact) mass is 413 g/mol. The Morgan fingerprint density at radius 2 is 2.03 bits per heavy atom. The summed E-state index contributed by atoms with van der Waals surface area (Å²) in [6, 6.07) is 6.99. The van der Waals surface area contributed by atoms with E-state index < -0.39 is 11.6 Å². The normalized spacial score (nSPS) is 20.8. The molecule has 1 N–H and O–H groups in total. The molecule has 1 aromatic carbocycles. The Hall–Kier alpha value is -2.81. The van der Waals surface area contributed by atoms with Gasteiger partial charge in [-0.2, -0.15) is 0 Å². The number of hydrogen-bond acceptors (Lipinski definition) is 6. The van der Waals surface area contributed by atoms with Gasteiger partial charge >= 0.3 is 0 Å². The smallest absolute Gasteiger partial charge is 0.273 e. The first kappa shape index (κ1) is 19.5. The summed E-state index contributed by atoms with van der Waals surface area (Å²) in [7, 11) is 0. The van der Waals surface area contributed by atoms with Crippen LogP contribution in [-0.4, -0.2) is 45.0 Å². The van der Waals surface area contributed by atoms with Crippen LogP contribution in [0.5, 0.6) is 0 Å². The first-order valence-corrected chi connectivity index (χ1v) is 10.5. The van der Waals surface area contributed by atoms with Crippen LogP contribution in [0.15, 0.2) is 24.3 Å². The van der Waals surface area contributed by atoms with E-state index in [1.54, 1.807) is 36.1 Å². The van der Waals surface area contributed by atoms with Crippen LogP contribution in [0.4, 0.5) is 10.8 Å². The summed E-state index contributed by atoms with van der Waals surface area (Å²) in [5, 5.41) is 11.8. The third-order valence-electron chi connectivity index (χ3n) is 5.41. The van der Waals surface area contributed by atoms with Gasteiger partial charge in [-0.05, 0) is 31.4 Å². The Balaban J connectivity index is 1.82. The topological polar surface area (TPSA) is 95.5 Å². The van der Waals surface area contributed by atoms with Crippen molar-refractivity contribution in [1.82, 2.24) is 15.1 Å². The van der Waals surface area contributed by atoms with Gasteiger partial charge in [0.15, 0.2) is 0 Å². The van der Waals surface area contributed by atoms with E-state index >= 15 is 0 Å². The van der Waals surface area contributed by atoms with Crippen LogP contribution in [-0.2, 0) is 9.59 Å². The minimum Gasteiger partial charge on any atom is -0.307 e. The van der Waals surface area contributed by atoms with Gasteiger partial charge in [0.05, 0.1) is 11.3 Å². The van der Waals surface area contributed by atoms with Crippen LogP contribution >= 0.6 is 11.3 Å². The molecule has 3 heterocycles. The summed E-state index contributed by atoms with van der Waals surface area (Å²) in [4.78, 5) is 43.0. The van der Waals surface area contributed by atoms with Crippen LogP contribution in [0.1, 0.15) is 48.5 Å². The van der Waals surface area contributed by atoms with Crippen molar-refractivity contribution in [3.05, 3.63) is 34.8 Å². The number of rotatable bonds is 5. The van der Waals surface area contributed by atoms with Gasteiger partial charge in [0.2, 0.25) is 16.7 Å². The molecule has 0 bridgehead atoms. The number of amides is 3. The number of anilines is 2. The molecule has 152 valence electrons. The molecular weight excluding hydrogens is 390 g/mol. The number of fused-ring (bicyclic) bond motifs is 3. The van der Waals surface area contributed by atoms with Gasteiger partial charge in [-0.15, -0.1) is 10.2 Å². The summed E-state index contributed by atoms with van der Waals surface area (Å²) in [6.07, 6.45) is 1.17. The number of para-hydroxylation sites is 1. The highest BCUT2D eigenvalue weighted by Gasteiger charge is 2.60. The highest BCUT2D eigenvalue weighted by atomic mass is 32.1. The minimum absolute atomic E-state index is 0.164. The number of nitrogens with zero attached hydrogens (tertiary/aromatic N) is 4. The lowest BCUT2D eigenvalue weighted by molar-refractivity contribution is -0.129. The maximum Gasteiger partial charge on any atom is 0.273 e. The molecule has 2 aromatic rings. The van der Waals surface area contributed by atoms with Crippen molar-refractivity contribution in [2.24, 2.45) is 5.92 Å². The largest absolute Gasteiger partial charge is 0.307 e. The average molecular weight is 414 g/mol. The second-order valence-corrected chi connectivity index (χ2v) is 8.96. The van der Waals surface area contributed by atoms with E-state index in [-0.39, 0.29) is 24.7 Å². The number of aryl methyl sites for hydroxylation is 1. The van der Waals surface area contributed by atoms with Crippen LogP contribution < -0.4 is 10.2 Å². The van der Waals surface area contributed by atoms with E-state index in [4.69, 9.17) is 0 Å². The zero-order valence-electron chi connectivity index (χ0n) is 16.6. The van der Waals surface area contributed by atoms with Gasteiger partial charge < -0.3 is 4.90 Å². The lowest BCUT2D eigenvalue weighted by Gasteiger charge is -2.49. The van der Waals surface area contributed by atoms with Crippen molar-refractivity contribution in [2.75, 3.05) is 16.8 Å². The summed E-state index contributed by atoms with van der Waals surface area (Å²) in [5.41, 5.74) is -0.456. The van der Waals surface area contributed by atoms with Crippen molar-refractivity contribution in [3.63, 3.8) is 0 Å². The number of aromatic nitrogens is 2. The third-order valence-corrected chi connectivity index (χ3v) is 6.17. The summed E-state index contributed by atoms with van der Waals surface area (Å²) in [6.45, 7) is 6.32.